The van der Waals surface area contributed by atoms with Gasteiger partial charge >= 0.3 is 5.97 Å². The molecule has 0 heterocycles. The van der Waals surface area contributed by atoms with Crippen molar-refractivity contribution in [3.63, 3.8) is 0 Å². The predicted molar refractivity (Wildman–Crippen MR) is 110 cm³/mol. The largest absolute Gasteiger partial charge is 0.449 e. The van der Waals surface area contributed by atoms with Gasteiger partial charge in [0.1, 0.15) is 34.6 Å². The number of carbonyl (C=O) groups is 1. The highest BCUT2D eigenvalue weighted by Crippen LogP contribution is 2.40. The zero-order valence-electron chi connectivity index (χ0n) is 17.4. The average Bonchev–Trinajstić information content (AvgIpc) is 2.84. The summed E-state index contributed by atoms with van der Waals surface area (Å²) in [4.78, 5) is 12.7. The molecule has 0 spiro atoms. The Kier molecular flexibility index (Phi) is 6.97. The standard InChI is InChI=1S/C24H15F3N2O4/c1-13(31-2)32-24(30)16-10-6-9-15(14-7-4-3-5-8-14)22(16)33-23-20(26)18(12-29)17(11-28)19(25)21(23)27/h3-10,13H,1-2H3. The number of nitriles is 2. The number of nitrogens with zero attached hydrogens (tertiary/aromatic N) is 2. The lowest BCUT2D eigenvalue weighted by Gasteiger charge is -2.18. The van der Waals surface area contributed by atoms with Crippen LogP contribution < -0.4 is 4.74 Å². The maximum Gasteiger partial charge on any atom is 0.344 e. The van der Waals surface area contributed by atoms with Gasteiger partial charge in [0.2, 0.25) is 11.6 Å². The molecule has 9 heteroatoms. The van der Waals surface area contributed by atoms with Crippen molar-refractivity contribution in [3.8, 4) is 34.8 Å². The van der Waals surface area contributed by atoms with Crippen molar-refractivity contribution in [2.24, 2.45) is 0 Å². The molecule has 0 amide bonds. The fraction of sp³-hybridized carbons (Fsp3) is 0.125. The predicted octanol–water partition coefficient (Wildman–Crippen LogP) is 5.46. The van der Waals surface area contributed by atoms with E-state index in [0.717, 1.165) is 0 Å². The number of para-hydroxylation sites is 1. The maximum absolute atomic E-state index is 14.9. The van der Waals surface area contributed by atoms with Gasteiger partial charge in [-0.15, -0.1) is 0 Å². The number of hydrogen-bond acceptors (Lipinski definition) is 6. The number of esters is 1. The molecule has 1 unspecified atom stereocenters. The van der Waals surface area contributed by atoms with E-state index in [4.69, 9.17) is 24.7 Å². The van der Waals surface area contributed by atoms with Crippen molar-refractivity contribution in [1.29, 1.82) is 10.5 Å². The van der Waals surface area contributed by atoms with Crippen LogP contribution in [0.1, 0.15) is 28.4 Å². The molecule has 0 saturated carbocycles. The van der Waals surface area contributed by atoms with Crippen LogP contribution in [0, 0.1) is 40.1 Å². The molecule has 0 aliphatic rings. The highest BCUT2D eigenvalue weighted by atomic mass is 19.2. The summed E-state index contributed by atoms with van der Waals surface area (Å²) in [7, 11) is 1.31. The van der Waals surface area contributed by atoms with E-state index in [-0.39, 0.29) is 16.9 Å². The van der Waals surface area contributed by atoms with Crippen LogP contribution in [0.25, 0.3) is 11.1 Å². The highest BCUT2D eigenvalue weighted by molar-refractivity contribution is 5.96. The molecule has 0 fully saturated rings. The molecule has 0 saturated heterocycles. The van der Waals surface area contributed by atoms with Gasteiger partial charge in [-0.25, -0.2) is 13.6 Å². The first-order valence-electron chi connectivity index (χ1n) is 9.44. The molecule has 0 N–H and O–H groups in total. The summed E-state index contributed by atoms with van der Waals surface area (Å²) >= 11 is 0. The minimum atomic E-state index is -1.82. The van der Waals surface area contributed by atoms with E-state index < -0.39 is 46.6 Å². The van der Waals surface area contributed by atoms with Crippen LogP contribution in [0.4, 0.5) is 13.2 Å². The van der Waals surface area contributed by atoms with Crippen molar-refractivity contribution in [1.82, 2.24) is 0 Å². The Morgan fingerprint density at radius 2 is 1.52 bits per heavy atom. The summed E-state index contributed by atoms with van der Waals surface area (Å²) in [6.07, 6.45) is -0.947. The summed E-state index contributed by atoms with van der Waals surface area (Å²) in [6.45, 7) is 1.45. The number of benzene rings is 3. The van der Waals surface area contributed by atoms with Gasteiger partial charge in [0.05, 0.1) is 0 Å². The third-order valence-corrected chi connectivity index (χ3v) is 4.63. The fourth-order valence-corrected chi connectivity index (χ4v) is 2.96. The topological polar surface area (TPSA) is 92.3 Å². The Labute approximate surface area is 187 Å². The van der Waals surface area contributed by atoms with Crippen LogP contribution in [-0.4, -0.2) is 19.4 Å². The van der Waals surface area contributed by atoms with Crippen LogP contribution in [-0.2, 0) is 9.47 Å². The van der Waals surface area contributed by atoms with Gasteiger partial charge < -0.3 is 14.2 Å². The first-order chi connectivity index (χ1) is 15.8. The van der Waals surface area contributed by atoms with Crippen LogP contribution in [0.3, 0.4) is 0 Å². The summed E-state index contributed by atoms with van der Waals surface area (Å²) in [5.74, 6) is -7.72. The lowest BCUT2D eigenvalue weighted by atomic mass is 10.0. The second-order valence-corrected chi connectivity index (χ2v) is 6.60. The molecular weight excluding hydrogens is 437 g/mol. The molecule has 6 nitrogen and oxygen atoms in total. The van der Waals surface area contributed by atoms with E-state index in [2.05, 4.69) is 0 Å². The van der Waals surface area contributed by atoms with Gasteiger partial charge in [-0.05, 0) is 18.6 Å². The average molecular weight is 452 g/mol. The molecule has 0 aliphatic carbocycles. The number of carbonyl (C=O) groups excluding carboxylic acids is 1. The van der Waals surface area contributed by atoms with Crippen LogP contribution >= 0.6 is 0 Å². The summed E-state index contributed by atoms with van der Waals surface area (Å²) in [6, 6.07) is 15.3. The molecule has 166 valence electrons. The Morgan fingerprint density at radius 3 is 2.12 bits per heavy atom. The zero-order valence-corrected chi connectivity index (χ0v) is 17.4. The number of halogens is 3. The maximum atomic E-state index is 14.9. The van der Waals surface area contributed by atoms with E-state index in [1.54, 1.807) is 30.3 Å². The van der Waals surface area contributed by atoms with E-state index >= 15 is 0 Å². The quantitative estimate of drug-likeness (QED) is 0.280. The van der Waals surface area contributed by atoms with Crippen LogP contribution in [0.15, 0.2) is 48.5 Å². The third-order valence-electron chi connectivity index (χ3n) is 4.63. The summed E-state index contributed by atoms with van der Waals surface area (Å²) in [5.41, 5.74) is -1.61. The fourth-order valence-electron chi connectivity index (χ4n) is 2.96. The number of hydrogen-bond donors (Lipinski definition) is 0. The SMILES string of the molecule is COC(C)OC(=O)c1cccc(-c2ccccc2)c1Oc1c(F)c(F)c(C#N)c(C#N)c1F. The first kappa shape index (κ1) is 23.3. The lowest BCUT2D eigenvalue weighted by molar-refractivity contribution is -0.0774. The molecule has 1 atom stereocenters. The third kappa shape index (κ3) is 4.49. The van der Waals surface area contributed by atoms with Crippen molar-refractivity contribution >= 4 is 5.97 Å². The molecule has 3 aromatic carbocycles. The van der Waals surface area contributed by atoms with Gasteiger partial charge in [-0.3, -0.25) is 0 Å². The van der Waals surface area contributed by atoms with E-state index in [1.165, 1.54) is 44.4 Å². The van der Waals surface area contributed by atoms with Crippen molar-refractivity contribution in [2.45, 2.75) is 13.2 Å². The molecule has 0 aliphatic heterocycles. The highest BCUT2D eigenvalue weighted by Gasteiger charge is 2.29. The Bertz CT molecular complexity index is 1300. The molecule has 0 bridgehead atoms. The van der Waals surface area contributed by atoms with Gasteiger partial charge in [-0.2, -0.15) is 14.9 Å². The van der Waals surface area contributed by atoms with Crippen LogP contribution in [0.5, 0.6) is 11.5 Å². The zero-order chi connectivity index (χ0) is 24.1. The minimum Gasteiger partial charge on any atom is -0.449 e. The second kappa shape index (κ2) is 9.86. The van der Waals surface area contributed by atoms with E-state index in [1.807, 2.05) is 0 Å². The van der Waals surface area contributed by atoms with Gasteiger partial charge in [0, 0.05) is 12.7 Å². The normalized spacial score (nSPS) is 11.2. The monoisotopic (exact) mass is 452 g/mol. The summed E-state index contributed by atoms with van der Waals surface area (Å²) in [5, 5.41) is 18.2. The molecule has 0 radical (unpaired) electrons. The van der Waals surface area contributed by atoms with Gasteiger partial charge in [0.15, 0.2) is 17.9 Å². The van der Waals surface area contributed by atoms with Crippen molar-refractivity contribution in [3.05, 3.63) is 82.7 Å². The summed E-state index contributed by atoms with van der Waals surface area (Å²) < 4.78 is 59.5. The van der Waals surface area contributed by atoms with Crippen molar-refractivity contribution in [2.75, 3.05) is 7.11 Å². The first-order valence-corrected chi connectivity index (χ1v) is 9.44. The molecule has 3 rings (SSSR count). The Hall–Kier alpha value is -4.34. The van der Waals surface area contributed by atoms with Crippen LogP contribution in [0.2, 0.25) is 0 Å². The van der Waals surface area contributed by atoms with Gasteiger partial charge in [0.25, 0.3) is 0 Å². The second-order valence-electron chi connectivity index (χ2n) is 6.60. The lowest BCUT2D eigenvalue weighted by Crippen LogP contribution is -2.17. The number of rotatable bonds is 6. The van der Waals surface area contributed by atoms with E-state index in [9.17, 15) is 18.0 Å². The molecular formula is C24H15F3N2O4. The van der Waals surface area contributed by atoms with Gasteiger partial charge in [-0.1, -0.05) is 42.5 Å². The van der Waals surface area contributed by atoms with E-state index in [0.29, 0.717) is 5.56 Å². The number of ether oxygens (including phenoxy) is 3. The molecule has 33 heavy (non-hydrogen) atoms. The minimum absolute atomic E-state index is 0.234. The van der Waals surface area contributed by atoms with Crippen molar-refractivity contribution < 1.29 is 32.2 Å². The Morgan fingerprint density at radius 1 is 0.879 bits per heavy atom. The molecule has 0 aromatic heterocycles. The molecule has 3 aromatic rings. The smallest absolute Gasteiger partial charge is 0.344 e. The Balaban J connectivity index is 2.26. The number of methoxy groups -OCH3 is 1.